The van der Waals surface area contributed by atoms with Crippen molar-refractivity contribution in [3.63, 3.8) is 0 Å². The van der Waals surface area contributed by atoms with Crippen LogP contribution in [-0.2, 0) is 13.0 Å². The molecule has 0 aliphatic carbocycles. The molecule has 1 atom stereocenters. The molecule has 5 rings (SSSR count). The third-order valence-electron chi connectivity index (χ3n) is 4.68. The fourth-order valence-corrected chi connectivity index (χ4v) is 5.70. The lowest BCUT2D eigenvalue weighted by atomic mass is 10.2. The molecule has 0 aliphatic rings. The van der Waals surface area contributed by atoms with Crippen LogP contribution in [0.4, 0.5) is 0 Å². The van der Waals surface area contributed by atoms with Crippen LogP contribution in [0.2, 0.25) is 0 Å². The molecule has 0 saturated carbocycles. The number of furan rings is 1. The third kappa shape index (κ3) is 3.73. The largest absolute Gasteiger partial charge is 0.464 e. The van der Waals surface area contributed by atoms with E-state index in [1.807, 2.05) is 29.0 Å². The van der Waals surface area contributed by atoms with E-state index in [4.69, 9.17) is 9.40 Å². The van der Waals surface area contributed by atoms with Crippen molar-refractivity contribution >= 4 is 44.7 Å². The van der Waals surface area contributed by atoms with E-state index in [0.717, 1.165) is 23.7 Å². The molecule has 1 N–H and O–H groups in total. The molecule has 0 amide bonds. The van der Waals surface area contributed by atoms with Gasteiger partial charge in [0.15, 0.2) is 5.16 Å². The molecule has 0 aliphatic heterocycles. The monoisotopic (exact) mass is 455 g/mol. The first-order valence-corrected chi connectivity index (χ1v) is 11.9. The van der Waals surface area contributed by atoms with Crippen LogP contribution in [0.15, 0.2) is 62.0 Å². The zero-order chi connectivity index (χ0) is 20.5. The Bertz CT molecular complexity index is 1320. The average molecular weight is 456 g/mol. The maximum absolute atomic E-state index is 12.8. The summed E-state index contributed by atoms with van der Waals surface area (Å²) in [6.07, 6.45) is 4.28. The zero-order valence-electron chi connectivity index (χ0n) is 15.9. The number of aromatic amines is 1. The molecule has 0 bridgehead atoms. The average Bonchev–Trinajstić information content (AvgIpc) is 3.53. The molecule has 5 heterocycles. The van der Waals surface area contributed by atoms with Crippen LogP contribution in [-0.4, -0.2) is 24.7 Å². The minimum atomic E-state index is -0.158. The van der Waals surface area contributed by atoms with Gasteiger partial charge in [0, 0.05) is 22.4 Å². The van der Waals surface area contributed by atoms with Gasteiger partial charge in [0.25, 0.3) is 5.56 Å². The third-order valence-corrected chi connectivity index (χ3v) is 7.59. The van der Waals surface area contributed by atoms with Crippen molar-refractivity contribution in [2.24, 2.45) is 0 Å². The van der Waals surface area contributed by atoms with Crippen LogP contribution in [0.3, 0.4) is 0 Å². The highest BCUT2D eigenvalue weighted by molar-refractivity contribution is 7.99. The van der Waals surface area contributed by atoms with Crippen LogP contribution in [0.25, 0.3) is 21.5 Å². The number of hydrogen-bond donors (Lipinski definition) is 1. The smallest absolute Gasteiger partial charge is 0.260 e. The van der Waals surface area contributed by atoms with E-state index in [1.54, 1.807) is 23.9 Å². The van der Waals surface area contributed by atoms with Crippen LogP contribution >= 0.6 is 34.4 Å². The second kappa shape index (κ2) is 8.21. The fraction of sp³-hybridized carbons (Fsp3) is 0.200. The number of H-pyrrole nitrogens is 1. The maximum atomic E-state index is 12.8. The SMILES string of the molecule is CC(Sc1nncn1CCc1cccs1)c1nc2scc(-c3ccco3)c2c(=O)[nH]1. The predicted molar refractivity (Wildman–Crippen MR) is 120 cm³/mol. The minimum absolute atomic E-state index is 0.0825. The molecule has 10 heteroatoms. The van der Waals surface area contributed by atoms with Gasteiger partial charge in [-0.1, -0.05) is 17.8 Å². The van der Waals surface area contributed by atoms with Crippen molar-refractivity contribution in [2.75, 3.05) is 0 Å². The standard InChI is InChI=1S/C20H17N5O2S3/c1-12(30-20-24-21-11-25(20)7-6-13-4-3-9-28-13)17-22-18(26)16-14(10-29-19(16)23-17)15-5-2-8-27-15/h2-5,8-12H,6-7H2,1H3,(H,22,23,26). The number of nitrogens with one attached hydrogen (secondary N) is 1. The molecule has 30 heavy (non-hydrogen) atoms. The Labute approximate surface area is 183 Å². The summed E-state index contributed by atoms with van der Waals surface area (Å²) in [6.45, 7) is 2.82. The van der Waals surface area contributed by atoms with E-state index >= 15 is 0 Å². The second-order valence-corrected chi connectivity index (χ2v) is 9.85. The van der Waals surface area contributed by atoms with Crippen LogP contribution < -0.4 is 5.56 Å². The molecule has 152 valence electrons. The van der Waals surface area contributed by atoms with Crippen LogP contribution in [0, 0.1) is 0 Å². The lowest BCUT2D eigenvalue weighted by molar-refractivity contribution is 0.583. The highest BCUT2D eigenvalue weighted by Gasteiger charge is 2.19. The van der Waals surface area contributed by atoms with Gasteiger partial charge in [-0.2, -0.15) is 0 Å². The van der Waals surface area contributed by atoms with Crippen LogP contribution in [0.5, 0.6) is 0 Å². The molecule has 5 aromatic rings. The summed E-state index contributed by atoms with van der Waals surface area (Å²) >= 11 is 4.73. The second-order valence-electron chi connectivity index (χ2n) is 6.65. The molecular weight excluding hydrogens is 438 g/mol. The number of aryl methyl sites for hydroxylation is 2. The Kier molecular flexibility index (Phi) is 5.28. The first-order chi connectivity index (χ1) is 14.7. The summed E-state index contributed by atoms with van der Waals surface area (Å²) in [5.41, 5.74) is 0.614. The van der Waals surface area contributed by atoms with E-state index in [-0.39, 0.29) is 10.8 Å². The van der Waals surface area contributed by atoms with E-state index in [1.165, 1.54) is 28.0 Å². The Balaban J connectivity index is 1.38. The number of thiophene rings is 2. The molecule has 1 unspecified atom stereocenters. The van der Waals surface area contributed by atoms with Gasteiger partial charge in [0.1, 0.15) is 22.7 Å². The number of fused-ring (bicyclic) bond motifs is 1. The molecule has 7 nitrogen and oxygen atoms in total. The van der Waals surface area contributed by atoms with Gasteiger partial charge in [-0.15, -0.1) is 32.9 Å². The van der Waals surface area contributed by atoms with Gasteiger partial charge in [-0.3, -0.25) is 4.79 Å². The van der Waals surface area contributed by atoms with Crippen LogP contribution in [0.1, 0.15) is 22.9 Å². The topological polar surface area (TPSA) is 89.6 Å². The molecule has 0 spiro atoms. The van der Waals surface area contributed by atoms with Crippen molar-refractivity contribution < 1.29 is 4.42 Å². The number of aromatic nitrogens is 5. The van der Waals surface area contributed by atoms with Crippen molar-refractivity contribution in [3.8, 4) is 11.3 Å². The van der Waals surface area contributed by atoms with Crippen molar-refractivity contribution in [1.29, 1.82) is 0 Å². The molecule has 0 radical (unpaired) electrons. The first-order valence-electron chi connectivity index (χ1n) is 9.31. The Morgan fingerprint density at radius 2 is 2.23 bits per heavy atom. The van der Waals surface area contributed by atoms with E-state index in [0.29, 0.717) is 21.8 Å². The quantitative estimate of drug-likeness (QED) is 0.348. The van der Waals surface area contributed by atoms with Gasteiger partial charge >= 0.3 is 0 Å². The van der Waals surface area contributed by atoms with E-state index in [9.17, 15) is 4.79 Å². The zero-order valence-corrected chi connectivity index (χ0v) is 18.4. The normalized spacial score (nSPS) is 12.6. The molecule has 5 aromatic heterocycles. The molecule has 0 aromatic carbocycles. The van der Waals surface area contributed by atoms with Gasteiger partial charge in [0.2, 0.25) is 0 Å². The first kappa shape index (κ1) is 19.3. The summed E-state index contributed by atoms with van der Waals surface area (Å²) in [5.74, 6) is 1.29. The summed E-state index contributed by atoms with van der Waals surface area (Å²) in [6, 6.07) is 7.84. The van der Waals surface area contributed by atoms with E-state index < -0.39 is 0 Å². The summed E-state index contributed by atoms with van der Waals surface area (Å²) in [5, 5.41) is 13.6. The summed E-state index contributed by atoms with van der Waals surface area (Å²) < 4.78 is 7.50. The number of thioether (sulfide) groups is 1. The lowest BCUT2D eigenvalue weighted by Gasteiger charge is -2.11. The Morgan fingerprint density at radius 3 is 3.03 bits per heavy atom. The van der Waals surface area contributed by atoms with Crippen molar-refractivity contribution in [2.45, 2.75) is 30.3 Å². The molecule has 0 fully saturated rings. The Morgan fingerprint density at radius 1 is 1.30 bits per heavy atom. The minimum Gasteiger partial charge on any atom is -0.464 e. The van der Waals surface area contributed by atoms with Gasteiger partial charge in [-0.25, -0.2) is 4.98 Å². The highest BCUT2D eigenvalue weighted by Crippen LogP contribution is 2.35. The maximum Gasteiger partial charge on any atom is 0.260 e. The van der Waals surface area contributed by atoms with Gasteiger partial charge in [-0.05, 0) is 36.9 Å². The highest BCUT2D eigenvalue weighted by atomic mass is 32.2. The van der Waals surface area contributed by atoms with Crippen molar-refractivity contribution in [3.05, 3.63) is 68.7 Å². The Hall–Kier alpha value is -2.69. The van der Waals surface area contributed by atoms with Crippen molar-refractivity contribution in [1.82, 2.24) is 24.7 Å². The van der Waals surface area contributed by atoms with Gasteiger partial charge in [0.05, 0.1) is 16.9 Å². The number of rotatable bonds is 7. The predicted octanol–water partition coefficient (Wildman–Crippen LogP) is 4.99. The van der Waals surface area contributed by atoms with Gasteiger partial charge < -0.3 is 14.0 Å². The molecule has 0 saturated heterocycles. The number of nitrogens with zero attached hydrogens (tertiary/aromatic N) is 4. The fourth-order valence-electron chi connectivity index (χ4n) is 3.16. The van der Waals surface area contributed by atoms with E-state index in [2.05, 4.69) is 32.7 Å². The summed E-state index contributed by atoms with van der Waals surface area (Å²) in [7, 11) is 0. The lowest BCUT2D eigenvalue weighted by Crippen LogP contribution is -2.12. The molecular formula is C20H17N5O2S3. The summed E-state index contributed by atoms with van der Waals surface area (Å²) in [4.78, 5) is 22.5. The number of hydrogen-bond acceptors (Lipinski definition) is 8.